The van der Waals surface area contributed by atoms with Gasteiger partial charge in [0, 0.05) is 6.42 Å². The first-order valence-electron chi connectivity index (χ1n) is 7.34. The molecule has 3 nitrogen and oxygen atoms in total. The highest BCUT2D eigenvalue weighted by Crippen LogP contribution is 2.46. The molecule has 0 bridgehead atoms. The van der Waals surface area contributed by atoms with Crippen molar-refractivity contribution < 1.29 is 9.94 Å². The van der Waals surface area contributed by atoms with Crippen molar-refractivity contribution in [2.45, 2.75) is 24.9 Å². The summed E-state index contributed by atoms with van der Waals surface area (Å²) in [5.74, 6) is 0. The van der Waals surface area contributed by atoms with E-state index in [0.717, 1.165) is 12.8 Å². The highest BCUT2D eigenvalue weighted by atomic mass is 16.5. The predicted octanol–water partition coefficient (Wildman–Crippen LogP) is 3.28. The van der Waals surface area contributed by atoms with Crippen LogP contribution in [0.15, 0.2) is 53.7 Å². The van der Waals surface area contributed by atoms with Gasteiger partial charge in [0.05, 0.1) is 12.3 Å². The first-order valence-corrected chi connectivity index (χ1v) is 7.34. The van der Waals surface area contributed by atoms with Gasteiger partial charge in [0.15, 0.2) is 0 Å². The molecule has 1 aliphatic carbocycles. The van der Waals surface area contributed by atoms with Crippen molar-refractivity contribution in [1.82, 2.24) is 0 Å². The fourth-order valence-corrected chi connectivity index (χ4v) is 3.69. The quantitative estimate of drug-likeness (QED) is 0.594. The molecular weight excluding hydrogens is 262 g/mol. The van der Waals surface area contributed by atoms with Crippen LogP contribution in [0.4, 0.5) is 0 Å². The molecule has 2 aliphatic rings. The number of hydrogen-bond acceptors (Lipinski definition) is 3. The second-order valence-electron chi connectivity index (χ2n) is 5.77. The molecule has 2 aromatic rings. The van der Waals surface area contributed by atoms with Crippen LogP contribution in [-0.2, 0) is 23.2 Å². The Morgan fingerprint density at radius 3 is 2.00 bits per heavy atom. The summed E-state index contributed by atoms with van der Waals surface area (Å²) < 4.78 is 6.23. The normalized spacial score (nSPS) is 21.0. The van der Waals surface area contributed by atoms with Crippen LogP contribution in [0, 0.1) is 0 Å². The van der Waals surface area contributed by atoms with E-state index in [1.807, 2.05) is 0 Å². The van der Waals surface area contributed by atoms with Gasteiger partial charge in [-0.1, -0.05) is 53.7 Å². The summed E-state index contributed by atoms with van der Waals surface area (Å²) in [7, 11) is 0. The number of nitrogens with zero attached hydrogens (tertiary/aromatic N) is 1. The summed E-state index contributed by atoms with van der Waals surface area (Å²) in [5, 5.41) is 12.6. The summed E-state index contributed by atoms with van der Waals surface area (Å²) in [5.41, 5.74) is 5.30. The molecule has 4 rings (SSSR count). The lowest BCUT2D eigenvalue weighted by atomic mass is 9.81. The fourth-order valence-electron chi connectivity index (χ4n) is 3.69. The smallest absolute Gasteiger partial charge is 0.125 e. The Balaban J connectivity index is 1.99. The Hall–Kier alpha value is -2.13. The zero-order valence-corrected chi connectivity index (χ0v) is 11.7. The van der Waals surface area contributed by atoms with Crippen LogP contribution in [-0.4, -0.2) is 17.5 Å². The maximum absolute atomic E-state index is 9.15. The molecule has 1 fully saturated rings. The van der Waals surface area contributed by atoms with Gasteiger partial charge in [-0.25, -0.2) is 0 Å². The highest BCUT2D eigenvalue weighted by molar-refractivity contribution is 5.89. The molecule has 0 amide bonds. The number of oxime groups is 1. The predicted molar refractivity (Wildman–Crippen MR) is 80.9 cm³/mol. The molecule has 1 N–H and O–H groups in total. The molecule has 0 atom stereocenters. The van der Waals surface area contributed by atoms with Gasteiger partial charge in [-0.15, -0.1) is 0 Å². The van der Waals surface area contributed by atoms with Crippen molar-refractivity contribution in [1.29, 1.82) is 0 Å². The second-order valence-corrected chi connectivity index (χ2v) is 5.77. The topological polar surface area (TPSA) is 41.8 Å². The van der Waals surface area contributed by atoms with Crippen molar-refractivity contribution in [3.63, 3.8) is 0 Å². The molecule has 2 aromatic carbocycles. The van der Waals surface area contributed by atoms with Gasteiger partial charge in [0.2, 0.25) is 0 Å². The van der Waals surface area contributed by atoms with E-state index >= 15 is 0 Å². The van der Waals surface area contributed by atoms with E-state index in [0.29, 0.717) is 18.7 Å². The molecule has 106 valence electrons. The van der Waals surface area contributed by atoms with Crippen LogP contribution < -0.4 is 0 Å². The molecule has 1 aliphatic heterocycles. The van der Waals surface area contributed by atoms with Gasteiger partial charge in [0.25, 0.3) is 0 Å². The second kappa shape index (κ2) is 4.71. The third-order valence-electron chi connectivity index (χ3n) is 4.65. The van der Waals surface area contributed by atoms with Gasteiger partial charge in [-0.2, -0.15) is 0 Å². The standard InChI is InChI=1S/C18H17NO2/c20-19-15-11-18(21-12-15)16-7-3-1-5-13(16)9-10-14-6-2-4-8-17(14)18/h1-8,20H,9-12H2/b19-15+. The van der Waals surface area contributed by atoms with Gasteiger partial charge in [-0.05, 0) is 35.1 Å². The minimum atomic E-state index is -0.495. The lowest BCUT2D eigenvalue weighted by Gasteiger charge is -2.30. The lowest BCUT2D eigenvalue weighted by molar-refractivity contribution is 0.0372. The molecule has 21 heavy (non-hydrogen) atoms. The molecule has 3 heteroatoms. The number of aryl methyl sites for hydroxylation is 2. The van der Waals surface area contributed by atoms with Crippen molar-refractivity contribution >= 4 is 5.71 Å². The third kappa shape index (κ3) is 1.81. The Labute approximate surface area is 123 Å². The van der Waals surface area contributed by atoms with Gasteiger partial charge < -0.3 is 9.94 Å². The third-order valence-corrected chi connectivity index (χ3v) is 4.65. The highest BCUT2D eigenvalue weighted by Gasteiger charge is 2.45. The van der Waals surface area contributed by atoms with Gasteiger partial charge in [0.1, 0.15) is 5.60 Å². The fraction of sp³-hybridized carbons (Fsp3) is 0.278. The Morgan fingerprint density at radius 1 is 0.905 bits per heavy atom. The maximum Gasteiger partial charge on any atom is 0.125 e. The molecule has 0 radical (unpaired) electrons. The summed E-state index contributed by atoms with van der Waals surface area (Å²) in [4.78, 5) is 0. The molecule has 0 aromatic heterocycles. The van der Waals surface area contributed by atoms with Crippen molar-refractivity contribution in [3.8, 4) is 0 Å². The maximum atomic E-state index is 9.15. The first-order chi connectivity index (χ1) is 10.3. The Kier molecular flexibility index (Phi) is 2.82. The number of fused-ring (bicyclic) bond motifs is 4. The number of ether oxygens (including phenoxy) is 1. The largest absolute Gasteiger partial charge is 0.411 e. The minimum Gasteiger partial charge on any atom is -0.411 e. The van der Waals surface area contributed by atoms with E-state index in [-0.39, 0.29) is 0 Å². The van der Waals surface area contributed by atoms with Crippen LogP contribution in [0.3, 0.4) is 0 Å². The monoisotopic (exact) mass is 279 g/mol. The van der Waals surface area contributed by atoms with Crippen LogP contribution in [0.25, 0.3) is 0 Å². The Morgan fingerprint density at radius 2 is 1.48 bits per heavy atom. The van der Waals surface area contributed by atoms with E-state index in [2.05, 4.69) is 53.7 Å². The summed E-state index contributed by atoms with van der Waals surface area (Å²) >= 11 is 0. The van der Waals surface area contributed by atoms with Crippen molar-refractivity contribution in [3.05, 3.63) is 70.8 Å². The van der Waals surface area contributed by atoms with Gasteiger partial charge >= 0.3 is 0 Å². The number of rotatable bonds is 0. The van der Waals surface area contributed by atoms with E-state index in [1.165, 1.54) is 22.3 Å². The summed E-state index contributed by atoms with van der Waals surface area (Å²) in [6.07, 6.45) is 2.66. The van der Waals surface area contributed by atoms with Gasteiger partial charge in [-0.3, -0.25) is 0 Å². The molecule has 1 spiro atoms. The van der Waals surface area contributed by atoms with E-state index < -0.39 is 5.60 Å². The van der Waals surface area contributed by atoms with Crippen LogP contribution in [0.1, 0.15) is 28.7 Å². The molecular formula is C18H17NO2. The first kappa shape index (κ1) is 12.6. The summed E-state index contributed by atoms with van der Waals surface area (Å²) in [6, 6.07) is 16.9. The van der Waals surface area contributed by atoms with Crippen LogP contribution in [0.5, 0.6) is 0 Å². The number of hydrogen-bond donors (Lipinski definition) is 1. The average Bonchev–Trinajstić information content (AvgIpc) is 2.93. The SMILES string of the molecule is O/N=C1/COC2(C1)c1ccccc1CCc1ccccc12. The molecule has 1 saturated heterocycles. The lowest BCUT2D eigenvalue weighted by Crippen LogP contribution is -2.28. The number of benzene rings is 2. The van der Waals surface area contributed by atoms with E-state index in [9.17, 15) is 0 Å². The van der Waals surface area contributed by atoms with E-state index in [4.69, 9.17) is 9.94 Å². The molecule has 0 unspecified atom stereocenters. The molecule has 1 heterocycles. The summed E-state index contributed by atoms with van der Waals surface area (Å²) in [6.45, 7) is 0.388. The van der Waals surface area contributed by atoms with Crippen molar-refractivity contribution in [2.24, 2.45) is 5.16 Å². The molecule has 0 saturated carbocycles. The zero-order valence-electron chi connectivity index (χ0n) is 11.7. The zero-order chi connectivity index (χ0) is 14.3. The minimum absolute atomic E-state index is 0.388. The van der Waals surface area contributed by atoms with Crippen LogP contribution in [0.2, 0.25) is 0 Å². The van der Waals surface area contributed by atoms with Crippen LogP contribution >= 0.6 is 0 Å². The van der Waals surface area contributed by atoms with Crippen molar-refractivity contribution in [2.75, 3.05) is 6.61 Å². The Bertz CT molecular complexity index is 673. The average molecular weight is 279 g/mol. The van der Waals surface area contributed by atoms with E-state index in [1.54, 1.807) is 0 Å².